The van der Waals surface area contributed by atoms with Crippen molar-refractivity contribution in [3.8, 4) is 0 Å². The smallest absolute Gasteiger partial charge is 0.269 e. The number of hydrogen-bond acceptors (Lipinski definition) is 6. The summed E-state index contributed by atoms with van der Waals surface area (Å²) in [5.41, 5.74) is 0.477. The highest BCUT2D eigenvalue weighted by atomic mass is 35.5. The molecular weight excluding hydrogens is 538 g/mol. The topological polar surface area (TPSA) is 74.8 Å². The zero-order chi connectivity index (χ0) is 23.2. The Morgan fingerprint density at radius 1 is 0.594 bits per heavy atom. The average molecular weight is 546 g/mol. The third-order valence-corrected chi connectivity index (χ3v) is 7.84. The maximum absolute atomic E-state index is 12.0. The van der Waals surface area contributed by atoms with E-state index in [0.29, 0.717) is 0 Å². The van der Waals surface area contributed by atoms with Crippen LogP contribution in [-0.2, 0) is 19.2 Å². The largest absolute Gasteiger partial charge is 0.277 e. The second-order valence-electron chi connectivity index (χ2n) is 6.34. The van der Waals surface area contributed by atoms with Crippen molar-refractivity contribution in [1.82, 2.24) is 0 Å². The van der Waals surface area contributed by atoms with Crippen molar-refractivity contribution >= 4 is 103 Å². The van der Waals surface area contributed by atoms with Crippen molar-refractivity contribution in [3.63, 3.8) is 0 Å². The van der Waals surface area contributed by atoms with E-state index in [0.717, 1.165) is 31.7 Å². The molecule has 4 rings (SSSR count). The van der Waals surface area contributed by atoms with Gasteiger partial charge in [0.15, 0.2) is 0 Å². The lowest BCUT2D eigenvalue weighted by molar-refractivity contribution is -0.121. The first-order chi connectivity index (χ1) is 15.2. The van der Waals surface area contributed by atoms with Gasteiger partial charge in [0.05, 0.1) is 21.4 Å². The van der Waals surface area contributed by atoms with E-state index in [-0.39, 0.29) is 31.5 Å². The molecule has 0 unspecified atom stereocenters. The third kappa shape index (κ3) is 4.31. The number of halogens is 4. The lowest BCUT2D eigenvalue weighted by atomic mass is 10.3. The van der Waals surface area contributed by atoms with Gasteiger partial charge in [-0.1, -0.05) is 68.0 Å². The van der Waals surface area contributed by atoms with Gasteiger partial charge in [0, 0.05) is 21.9 Å². The Morgan fingerprint density at radius 2 is 0.969 bits per heavy atom. The molecule has 0 atom stereocenters. The van der Waals surface area contributed by atoms with Crippen LogP contribution in [0.5, 0.6) is 0 Å². The summed E-state index contributed by atoms with van der Waals surface area (Å²) in [6.07, 6.45) is 2.08. The molecule has 0 bridgehead atoms. The van der Waals surface area contributed by atoms with Crippen LogP contribution < -0.4 is 9.80 Å². The molecule has 2 aromatic rings. The van der Waals surface area contributed by atoms with Crippen LogP contribution in [0.25, 0.3) is 0 Å². The Morgan fingerprint density at radius 3 is 1.25 bits per heavy atom. The molecule has 0 saturated carbocycles. The maximum atomic E-state index is 12.0. The SMILES string of the molecule is O=C1C=C(Cl)C(=O)N1c1ccc(SSc2ccc(N3C(=O)C=C(Cl)C3=O)c(Cl)c2)cc1Cl. The molecule has 0 fully saturated rings. The van der Waals surface area contributed by atoms with Crippen LogP contribution in [0.3, 0.4) is 0 Å². The molecule has 2 heterocycles. The number of hydrogen-bond donors (Lipinski definition) is 0. The normalized spacial score (nSPS) is 16.2. The Balaban J connectivity index is 1.46. The minimum atomic E-state index is -0.630. The van der Waals surface area contributed by atoms with E-state index in [2.05, 4.69) is 0 Å². The first-order valence-electron chi connectivity index (χ1n) is 8.62. The molecule has 0 saturated heterocycles. The maximum Gasteiger partial charge on any atom is 0.277 e. The van der Waals surface area contributed by atoms with Gasteiger partial charge in [0.25, 0.3) is 23.6 Å². The standard InChI is InChI=1S/C20H8Cl4N2O4S2/c21-11-5-9(1-3-15(11)25-17(27)7-13(23)19(25)29)31-32-10-2-4-16(12(22)6-10)26-18(28)8-14(24)20(26)30/h1-8H. The van der Waals surface area contributed by atoms with Crippen LogP contribution in [-0.4, -0.2) is 23.6 Å². The van der Waals surface area contributed by atoms with E-state index in [4.69, 9.17) is 46.4 Å². The molecule has 0 radical (unpaired) electrons. The molecule has 4 amide bonds. The van der Waals surface area contributed by atoms with Crippen LogP contribution in [0.15, 0.2) is 68.4 Å². The van der Waals surface area contributed by atoms with Gasteiger partial charge in [-0.3, -0.25) is 19.2 Å². The number of benzene rings is 2. The molecule has 0 spiro atoms. The lowest BCUT2D eigenvalue weighted by Gasteiger charge is -2.17. The number of anilines is 2. The minimum Gasteiger partial charge on any atom is -0.269 e. The van der Waals surface area contributed by atoms with E-state index in [9.17, 15) is 19.2 Å². The van der Waals surface area contributed by atoms with Gasteiger partial charge in [-0.2, -0.15) is 0 Å². The molecule has 2 aliphatic heterocycles. The molecule has 0 aliphatic carbocycles. The van der Waals surface area contributed by atoms with E-state index < -0.39 is 23.6 Å². The van der Waals surface area contributed by atoms with Gasteiger partial charge in [0.2, 0.25) is 0 Å². The molecule has 162 valence electrons. The van der Waals surface area contributed by atoms with Crippen LogP contribution in [0, 0.1) is 0 Å². The minimum absolute atomic E-state index is 0.171. The first-order valence-corrected chi connectivity index (χ1v) is 12.3. The molecule has 0 N–H and O–H groups in total. The Bertz CT molecular complexity index is 1180. The quantitative estimate of drug-likeness (QED) is 0.350. The molecule has 32 heavy (non-hydrogen) atoms. The van der Waals surface area contributed by atoms with Gasteiger partial charge >= 0.3 is 0 Å². The predicted molar refractivity (Wildman–Crippen MR) is 127 cm³/mol. The van der Waals surface area contributed by atoms with Crippen molar-refractivity contribution in [2.75, 3.05) is 9.80 Å². The number of carbonyl (C=O) groups excluding carboxylic acids is 4. The van der Waals surface area contributed by atoms with Gasteiger partial charge < -0.3 is 0 Å². The first kappa shape index (κ1) is 23.2. The van der Waals surface area contributed by atoms with Crippen LogP contribution in [0.2, 0.25) is 10.0 Å². The van der Waals surface area contributed by atoms with E-state index in [1.54, 1.807) is 36.4 Å². The Hall–Kier alpha value is -1.94. The number of rotatable bonds is 5. The molecular formula is C20H8Cl4N2O4S2. The monoisotopic (exact) mass is 544 g/mol. The highest BCUT2D eigenvalue weighted by Gasteiger charge is 2.33. The van der Waals surface area contributed by atoms with Crippen LogP contribution in [0.4, 0.5) is 11.4 Å². The molecule has 6 nitrogen and oxygen atoms in total. The van der Waals surface area contributed by atoms with Gasteiger partial charge in [-0.25, -0.2) is 9.80 Å². The number of imide groups is 2. The molecule has 12 heteroatoms. The lowest BCUT2D eigenvalue weighted by Crippen LogP contribution is -2.30. The van der Waals surface area contributed by atoms with Gasteiger partial charge in [-0.15, -0.1) is 0 Å². The summed E-state index contributed by atoms with van der Waals surface area (Å²) < 4.78 is 0. The van der Waals surface area contributed by atoms with Gasteiger partial charge in [0.1, 0.15) is 10.1 Å². The molecule has 2 aromatic carbocycles. The van der Waals surface area contributed by atoms with E-state index in [1.807, 2.05) is 0 Å². The summed E-state index contributed by atoms with van der Waals surface area (Å²) in [5, 5.41) is 0.0772. The highest BCUT2D eigenvalue weighted by molar-refractivity contribution is 8.76. The van der Waals surface area contributed by atoms with Crippen molar-refractivity contribution < 1.29 is 19.2 Å². The Kier molecular flexibility index (Phi) is 6.63. The van der Waals surface area contributed by atoms with Crippen LogP contribution in [0.1, 0.15) is 0 Å². The fraction of sp³-hybridized carbons (Fsp3) is 0. The number of amides is 4. The zero-order valence-electron chi connectivity index (χ0n) is 15.5. The molecule has 2 aliphatic rings. The second-order valence-corrected chi connectivity index (χ2v) is 10.2. The highest BCUT2D eigenvalue weighted by Crippen LogP contribution is 2.43. The fourth-order valence-electron chi connectivity index (χ4n) is 2.88. The third-order valence-electron chi connectivity index (χ3n) is 4.31. The summed E-state index contributed by atoms with van der Waals surface area (Å²) >= 11 is 24.0. The van der Waals surface area contributed by atoms with Crippen molar-refractivity contribution in [2.24, 2.45) is 0 Å². The van der Waals surface area contributed by atoms with E-state index in [1.165, 1.54) is 21.6 Å². The summed E-state index contributed by atoms with van der Waals surface area (Å²) in [6, 6.07) is 9.76. The summed E-state index contributed by atoms with van der Waals surface area (Å²) in [5.74, 6) is -2.38. The number of nitrogens with zero attached hydrogens (tertiary/aromatic N) is 2. The summed E-state index contributed by atoms with van der Waals surface area (Å²) in [4.78, 5) is 51.3. The zero-order valence-corrected chi connectivity index (χ0v) is 20.1. The van der Waals surface area contributed by atoms with Crippen LogP contribution >= 0.6 is 68.0 Å². The van der Waals surface area contributed by atoms with Crippen molar-refractivity contribution in [1.29, 1.82) is 0 Å². The fourth-order valence-corrected chi connectivity index (χ4v) is 5.86. The van der Waals surface area contributed by atoms with Crippen molar-refractivity contribution in [2.45, 2.75) is 9.79 Å². The average Bonchev–Trinajstić information content (AvgIpc) is 3.14. The second kappa shape index (κ2) is 9.13. The predicted octanol–water partition coefficient (Wildman–Crippen LogP) is 5.78. The molecule has 0 aromatic heterocycles. The Labute approximate surface area is 209 Å². The number of carbonyl (C=O) groups is 4. The summed E-state index contributed by atoms with van der Waals surface area (Å²) in [7, 11) is 2.71. The van der Waals surface area contributed by atoms with Crippen molar-refractivity contribution in [3.05, 3.63) is 68.7 Å². The summed E-state index contributed by atoms with van der Waals surface area (Å²) in [6.45, 7) is 0. The van der Waals surface area contributed by atoms with Gasteiger partial charge in [-0.05, 0) is 36.4 Å². The van der Waals surface area contributed by atoms with E-state index >= 15 is 0 Å².